The summed E-state index contributed by atoms with van der Waals surface area (Å²) in [6.07, 6.45) is 2.43. The quantitative estimate of drug-likeness (QED) is 0.477. The Morgan fingerprint density at radius 1 is 0.972 bits per heavy atom. The number of morpholine rings is 1. The number of anilines is 2. The number of nitrogens with one attached hydrogen (secondary N) is 1. The first-order valence-corrected chi connectivity index (χ1v) is 13.2. The lowest BCUT2D eigenvalue weighted by Gasteiger charge is -2.29. The van der Waals surface area contributed by atoms with Gasteiger partial charge in [-0.2, -0.15) is 0 Å². The van der Waals surface area contributed by atoms with Gasteiger partial charge in [0, 0.05) is 30.6 Å². The van der Waals surface area contributed by atoms with Gasteiger partial charge >= 0.3 is 0 Å². The van der Waals surface area contributed by atoms with Gasteiger partial charge in [0.2, 0.25) is 11.2 Å². The number of rotatable bonds is 5. The molecule has 1 N–H and O–H groups in total. The molecule has 10 heteroatoms. The summed E-state index contributed by atoms with van der Waals surface area (Å²) < 4.78 is 7.66. The molecule has 3 aromatic heterocycles. The average Bonchev–Trinajstić information content (AvgIpc) is 3.55. The molecule has 3 aromatic rings. The van der Waals surface area contributed by atoms with Crippen LogP contribution in [0.1, 0.15) is 65.8 Å². The first-order valence-electron chi connectivity index (χ1n) is 12.8. The third-order valence-electron chi connectivity index (χ3n) is 6.49. The molecule has 2 fully saturated rings. The van der Waals surface area contributed by atoms with Crippen molar-refractivity contribution in [3.63, 3.8) is 0 Å². The molecule has 5 rings (SSSR count). The lowest BCUT2D eigenvalue weighted by Crippen LogP contribution is -2.37. The summed E-state index contributed by atoms with van der Waals surface area (Å²) in [4.78, 5) is 27.0. The van der Waals surface area contributed by atoms with Crippen LogP contribution < -0.4 is 10.2 Å². The van der Waals surface area contributed by atoms with Crippen molar-refractivity contribution >= 4 is 34.5 Å². The van der Waals surface area contributed by atoms with E-state index < -0.39 is 0 Å². The Hall–Kier alpha value is -2.52. The van der Waals surface area contributed by atoms with Crippen LogP contribution in [0.4, 0.5) is 11.8 Å². The fraction of sp³-hybridized carbons (Fsp3) is 0.654. The maximum absolute atomic E-state index is 6.67. The number of ether oxygens (including phenoxy) is 1. The molecule has 9 nitrogen and oxygen atoms in total. The number of hydrogen-bond acceptors (Lipinski definition) is 8. The number of imidazole rings is 1. The van der Waals surface area contributed by atoms with Crippen LogP contribution in [0, 0.1) is 12.8 Å². The minimum atomic E-state index is -0.249. The highest BCUT2D eigenvalue weighted by atomic mass is 35.5. The summed E-state index contributed by atoms with van der Waals surface area (Å²) in [7, 11) is 0. The van der Waals surface area contributed by atoms with E-state index in [1.807, 2.05) is 11.5 Å². The monoisotopic (exact) mass is 512 g/mol. The molecule has 0 radical (unpaired) electrons. The van der Waals surface area contributed by atoms with Gasteiger partial charge in [-0.1, -0.05) is 20.8 Å². The summed E-state index contributed by atoms with van der Waals surface area (Å²) in [6.45, 7) is 18.4. The van der Waals surface area contributed by atoms with Gasteiger partial charge in [-0.25, -0.2) is 24.9 Å². The predicted molar refractivity (Wildman–Crippen MR) is 144 cm³/mol. The molecule has 1 aliphatic heterocycles. The van der Waals surface area contributed by atoms with Gasteiger partial charge in [0.15, 0.2) is 22.8 Å². The minimum Gasteiger partial charge on any atom is -0.378 e. The smallest absolute Gasteiger partial charge is 0.223 e. The van der Waals surface area contributed by atoms with Crippen LogP contribution in [-0.2, 0) is 16.7 Å². The molecule has 4 heterocycles. The van der Waals surface area contributed by atoms with Crippen molar-refractivity contribution in [1.29, 1.82) is 0 Å². The van der Waals surface area contributed by atoms with E-state index in [9.17, 15) is 0 Å². The van der Waals surface area contributed by atoms with Crippen LogP contribution in [0.15, 0.2) is 0 Å². The fourth-order valence-electron chi connectivity index (χ4n) is 4.56. The Morgan fingerprint density at radius 3 is 2.28 bits per heavy atom. The standard InChI is InChI=1S/C26H37ClN8O/c1-15-17(19(25(2,3)4)30-24(28-15)33-26(5,6)7)20-31-21(34-10-12-36-13-11-34)18-22(32-20)35(23(27)29-18)14-16-8-9-16/h16H,8-14H2,1-7H3,(H,28,30,33). The molecule has 2 aliphatic rings. The number of hydrogen-bond donors (Lipinski definition) is 1. The van der Waals surface area contributed by atoms with Crippen LogP contribution >= 0.6 is 11.6 Å². The van der Waals surface area contributed by atoms with Gasteiger partial charge in [0.1, 0.15) is 0 Å². The Kier molecular flexibility index (Phi) is 6.35. The molecule has 1 aliphatic carbocycles. The second-order valence-corrected chi connectivity index (χ2v) is 12.4. The number of aromatic nitrogens is 6. The molecule has 0 spiro atoms. The number of fused-ring (bicyclic) bond motifs is 1. The largest absolute Gasteiger partial charge is 0.378 e. The van der Waals surface area contributed by atoms with Crippen LogP contribution in [0.25, 0.3) is 22.6 Å². The van der Waals surface area contributed by atoms with Crippen molar-refractivity contribution in [3.05, 3.63) is 16.7 Å². The molecule has 0 atom stereocenters. The normalized spacial score (nSPS) is 17.2. The van der Waals surface area contributed by atoms with E-state index in [-0.39, 0.29) is 11.0 Å². The highest BCUT2D eigenvalue weighted by molar-refractivity contribution is 6.29. The lowest BCUT2D eigenvalue weighted by atomic mass is 9.87. The lowest BCUT2D eigenvalue weighted by molar-refractivity contribution is 0.122. The second kappa shape index (κ2) is 9.10. The second-order valence-electron chi connectivity index (χ2n) is 12.1. The van der Waals surface area contributed by atoms with E-state index in [0.717, 1.165) is 53.6 Å². The van der Waals surface area contributed by atoms with Gasteiger partial charge in [0.25, 0.3) is 0 Å². The molecule has 194 valence electrons. The Balaban J connectivity index is 1.73. The summed E-state index contributed by atoms with van der Waals surface area (Å²) in [6, 6.07) is 0. The van der Waals surface area contributed by atoms with E-state index >= 15 is 0 Å². The molecule has 0 unspecified atom stereocenters. The van der Waals surface area contributed by atoms with Crippen molar-refractivity contribution in [3.8, 4) is 11.4 Å². The molecular formula is C26H37ClN8O. The third kappa shape index (κ3) is 5.13. The topological polar surface area (TPSA) is 93.9 Å². The van der Waals surface area contributed by atoms with E-state index in [0.29, 0.717) is 36.2 Å². The molecule has 1 saturated carbocycles. The fourth-order valence-corrected chi connectivity index (χ4v) is 4.80. The van der Waals surface area contributed by atoms with E-state index in [1.165, 1.54) is 12.8 Å². The van der Waals surface area contributed by atoms with Crippen LogP contribution in [-0.4, -0.2) is 61.3 Å². The van der Waals surface area contributed by atoms with Crippen LogP contribution in [0.2, 0.25) is 5.28 Å². The number of nitrogens with zero attached hydrogens (tertiary/aromatic N) is 7. The van der Waals surface area contributed by atoms with Crippen molar-refractivity contribution in [2.24, 2.45) is 5.92 Å². The first-order chi connectivity index (χ1) is 16.9. The summed E-state index contributed by atoms with van der Waals surface area (Å²) in [5.74, 6) is 2.65. The van der Waals surface area contributed by atoms with Gasteiger partial charge in [0.05, 0.1) is 30.2 Å². The number of halogens is 1. The van der Waals surface area contributed by atoms with Gasteiger partial charge < -0.3 is 15.0 Å². The number of aryl methyl sites for hydroxylation is 1. The SMILES string of the molecule is Cc1nc(NC(C)(C)C)nc(C(C)(C)C)c1-c1nc(N2CCOCC2)c2nc(Cl)n(CC3CC3)c2n1. The molecule has 0 amide bonds. The molecule has 0 bridgehead atoms. The van der Waals surface area contributed by atoms with Gasteiger partial charge in [-0.15, -0.1) is 0 Å². The van der Waals surface area contributed by atoms with E-state index in [2.05, 4.69) is 51.8 Å². The summed E-state index contributed by atoms with van der Waals surface area (Å²) in [5, 5.41) is 3.89. The maximum Gasteiger partial charge on any atom is 0.223 e. The zero-order valence-electron chi connectivity index (χ0n) is 22.4. The summed E-state index contributed by atoms with van der Waals surface area (Å²) in [5.41, 5.74) is 3.73. The van der Waals surface area contributed by atoms with Crippen LogP contribution in [0.5, 0.6) is 0 Å². The molecule has 1 saturated heterocycles. The molecule has 0 aromatic carbocycles. The Bertz CT molecular complexity index is 1280. The molecular weight excluding hydrogens is 476 g/mol. The van der Waals surface area contributed by atoms with E-state index in [1.54, 1.807) is 0 Å². The van der Waals surface area contributed by atoms with Crippen molar-refractivity contribution < 1.29 is 4.74 Å². The van der Waals surface area contributed by atoms with Gasteiger partial charge in [-0.3, -0.25) is 4.57 Å². The molecule has 36 heavy (non-hydrogen) atoms. The highest BCUT2D eigenvalue weighted by Gasteiger charge is 2.31. The Morgan fingerprint density at radius 2 is 1.67 bits per heavy atom. The summed E-state index contributed by atoms with van der Waals surface area (Å²) >= 11 is 6.67. The zero-order chi connectivity index (χ0) is 25.8. The van der Waals surface area contributed by atoms with E-state index in [4.69, 9.17) is 41.3 Å². The van der Waals surface area contributed by atoms with Crippen LogP contribution in [0.3, 0.4) is 0 Å². The minimum absolute atomic E-state index is 0.159. The van der Waals surface area contributed by atoms with Gasteiger partial charge in [-0.05, 0) is 58.1 Å². The Labute approximate surface area is 218 Å². The third-order valence-corrected chi connectivity index (χ3v) is 6.78. The first kappa shape index (κ1) is 25.1. The average molecular weight is 513 g/mol. The maximum atomic E-state index is 6.67. The van der Waals surface area contributed by atoms with Crippen molar-refractivity contribution in [1.82, 2.24) is 29.5 Å². The van der Waals surface area contributed by atoms with Crippen molar-refractivity contribution in [2.75, 3.05) is 36.5 Å². The van der Waals surface area contributed by atoms with Crippen molar-refractivity contribution in [2.45, 2.75) is 78.8 Å². The predicted octanol–water partition coefficient (Wildman–Crippen LogP) is 5.00. The zero-order valence-corrected chi connectivity index (χ0v) is 23.2. The highest BCUT2D eigenvalue weighted by Crippen LogP contribution is 2.38.